The molecule has 1 amide bonds. The van der Waals surface area contributed by atoms with E-state index in [4.69, 9.17) is 9.47 Å². The molecule has 2 saturated heterocycles. The molecule has 5 nitrogen and oxygen atoms in total. The summed E-state index contributed by atoms with van der Waals surface area (Å²) in [6.07, 6.45) is 6.53. The van der Waals surface area contributed by atoms with Crippen LogP contribution in [0.25, 0.3) is 0 Å². The van der Waals surface area contributed by atoms with Crippen molar-refractivity contribution in [1.82, 2.24) is 9.88 Å². The number of ether oxygens (including phenoxy) is 2. The summed E-state index contributed by atoms with van der Waals surface area (Å²) in [6.45, 7) is 5.67. The average molecular weight is 304 g/mol. The van der Waals surface area contributed by atoms with Gasteiger partial charge in [-0.05, 0) is 38.3 Å². The van der Waals surface area contributed by atoms with Crippen molar-refractivity contribution in [2.75, 3.05) is 32.9 Å². The molecule has 0 aromatic carbocycles. The van der Waals surface area contributed by atoms with Crippen LogP contribution in [0.4, 0.5) is 0 Å². The molecule has 3 heterocycles. The third-order valence-corrected chi connectivity index (χ3v) is 4.78. The molecule has 0 N–H and O–H groups in total. The lowest BCUT2D eigenvalue weighted by Gasteiger charge is -2.50. The standard InChI is InChI=1S/C17H24N2O3/c1-2-21-13-17-7-4-10-22-15(17)6-9-19(12-17)16(20)14-5-3-8-18-11-14/h3,5,8,11,15H,2,4,6-7,9-10,12-13H2,1H3/t15-,17-/m0/s1. The van der Waals surface area contributed by atoms with Crippen molar-refractivity contribution in [3.05, 3.63) is 30.1 Å². The van der Waals surface area contributed by atoms with E-state index in [1.165, 1.54) is 0 Å². The lowest BCUT2D eigenvalue weighted by atomic mass is 9.73. The van der Waals surface area contributed by atoms with E-state index in [-0.39, 0.29) is 17.4 Å². The molecule has 2 fully saturated rings. The zero-order valence-electron chi connectivity index (χ0n) is 13.2. The summed E-state index contributed by atoms with van der Waals surface area (Å²) in [7, 11) is 0. The molecule has 0 bridgehead atoms. The third-order valence-electron chi connectivity index (χ3n) is 4.78. The summed E-state index contributed by atoms with van der Waals surface area (Å²) in [4.78, 5) is 18.7. The zero-order chi connectivity index (χ0) is 15.4. The fourth-order valence-electron chi connectivity index (χ4n) is 3.65. The van der Waals surface area contributed by atoms with Crippen LogP contribution in [0.1, 0.15) is 36.5 Å². The van der Waals surface area contributed by atoms with E-state index in [1.54, 1.807) is 18.5 Å². The van der Waals surface area contributed by atoms with E-state index in [0.717, 1.165) is 32.4 Å². The Balaban J connectivity index is 1.76. The van der Waals surface area contributed by atoms with Crippen LogP contribution in [0.3, 0.4) is 0 Å². The van der Waals surface area contributed by atoms with Crippen LogP contribution in [0.15, 0.2) is 24.5 Å². The summed E-state index contributed by atoms with van der Waals surface area (Å²) < 4.78 is 11.7. The Labute approximate surface area is 131 Å². The van der Waals surface area contributed by atoms with Gasteiger partial charge in [0, 0.05) is 44.1 Å². The van der Waals surface area contributed by atoms with Crippen LogP contribution in [-0.4, -0.2) is 54.8 Å². The lowest BCUT2D eigenvalue weighted by molar-refractivity contribution is -0.146. The largest absolute Gasteiger partial charge is 0.381 e. The summed E-state index contributed by atoms with van der Waals surface area (Å²) in [6, 6.07) is 3.63. The van der Waals surface area contributed by atoms with Crippen LogP contribution in [0, 0.1) is 5.41 Å². The molecule has 0 aliphatic carbocycles. The normalized spacial score (nSPS) is 28.2. The van der Waals surface area contributed by atoms with Crippen molar-refractivity contribution in [3.63, 3.8) is 0 Å². The first kappa shape index (κ1) is 15.4. The minimum absolute atomic E-state index is 0.0512. The van der Waals surface area contributed by atoms with Gasteiger partial charge in [-0.3, -0.25) is 9.78 Å². The number of carbonyl (C=O) groups excluding carboxylic acids is 1. The van der Waals surface area contributed by atoms with Crippen molar-refractivity contribution < 1.29 is 14.3 Å². The van der Waals surface area contributed by atoms with E-state index < -0.39 is 0 Å². The Morgan fingerprint density at radius 1 is 1.59 bits per heavy atom. The fraction of sp³-hybridized carbons (Fsp3) is 0.647. The molecular formula is C17H24N2O3. The quantitative estimate of drug-likeness (QED) is 0.855. The maximum atomic E-state index is 12.7. The SMILES string of the molecule is CCOC[C@@]12CCCO[C@H]1CCN(C(=O)c1cccnc1)C2. The van der Waals surface area contributed by atoms with Crippen molar-refractivity contribution in [2.24, 2.45) is 5.41 Å². The third kappa shape index (κ3) is 3.01. The van der Waals surface area contributed by atoms with Crippen molar-refractivity contribution in [1.29, 1.82) is 0 Å². The number of hydrogen-bond acceptors (Lipinski definition) is 4. The Morgan fingerprint density at radius 2 is 2.50 bits per heavy atom. The van der Waals surface area contributed by atoms with Gasteiger partial charge < -0.3 is 14.4 Å². The molecule has 1 aromatic rings. The van der Waals surface area contributed by atoms with Gasteiger partial charge in [-0.25, -0.2) is 0 Å². The summed E-state index contributed by atoms with van der Waals surface area (Å²) in [5.74, 6) is 0.0630. The number of hydrogen-bond donors (Lipinski definition) is 0. The highest BCUT2D eigenvalue weighted by molar-refractivity contribution is 5.94. The number of piperidine rings is 1. The Morgan fingerprint density at radius 3 is 3.27 bits per heavy atom. The second-order valence-electron chi connectivity index (χ2n) is 6.22. The molecular weight excluding hydrogens is 280 g/mol. The Kier molecular flexibility index (Phi) is 4.74. The molecule has 0 unspecified atom stereocenters. The molecule has 2 aliphatic heterocycles. The molecule has 1 aromatic heterocycles. The zero-order valence-corrected chi connectivity index (χ0v) is 13.2. The minimum Gasteiger partial charge on any atom is -0.381 e. The maximum absolute atomic E-state index is 12.7. The van der Waals surface area contributed by atoms with E-state index >= 15 is 0 Å². The number of carbonyl (C=O) groups is 1. The summed E-state index contributed by atoms with van der Waals surface area (Å²) in [5, 5.41) is 0. The molecule has 3 rings (SSSR count). The summed E-state index contributed by atoms with van der Waals surface area (Å²) >= 11 is 0. The van der Waals surface area contributed by atoms with Gasteiger partial charge >= 0.3 is 0 Å². The molecule has 0 radical (unpaired) electrons. The van der Waals surface area contributed by atoms with Gasteiger partial charge in [0.05, 0.1) is 18.3 Å². The Bertz CT molecular complexity index is 508. The fourth-order valence-corrected chi connectivity index (χ4v) is 3.65. The Hall–Kier alpha value is -1.46. The van der Waals surface area contributed by atoms with Crippen LogP contribution >= 0.6 is 0 Å². The highest BCUT2D eigenvalue weighted by atomic mass is 16.5. The van der Waals surface area contributed by atoms with Gasteiger partial charge in [-0.1, -0.05) is 0 Å². The van der Waals surface area contributed by atoms with Gasteiger partial charge in [-0.2, -0.15) is 0 Å². The molecule has 2 atom stereocenters. The van der Waals surface area contributed by atoms with Crippen LogP contribution in [0.5, 0.6) is 0 Å². The van der Waals surface area contributed by atoms with E-state index in [9.17, 15) is 4.79 Å². The van der Waals surface area contributed by atoms with Gasteiger partial charge in [0.2, 0.25) is 0 Å². The van der Waals surface area contributed by atoms with E-state index in [0.29, 0.717) is 25.3 Å². The van der Waals surface area contributed by atoms with Crippen molar-refractivity contribution >= 4 is 5.91 Å². The van der Waals surface area contributed by atoms with Gasteiger partial charge in [0.25, 0.3) is 5.91 Å². The first-order valence-corrected chi connectivity index (χ1v) is 8.14. The predicted molar refractivity (Wildman–Crippen MR) is 82.7 cm³/mol. The number of amides is 1. The van der Waals surface area contributed by atoms with Crippen LogP contribution < -0.4 is 0 Å². The second-order valence-corrected chi connectivity index (χ2v) is 6.22. The molecule has 5 heteroatoms. The second kappa shape index (κ2) is 6.75. The molecule has 22 heavy (non-hydrogen) atoms. The van der Waals surface area contributed by atoms with Crippen molar-refractivity contribution in [2.45, 2.75) is 32.3 Å². The lowest BCUT2D eigenvalue weighted by Crippen LogP contribution is -2.58. The smallest absolute Gasteiger partial charge is 0.255 e. The van der Waals surface area contributed by atoms with Gasteiger partial charge in [0.1, 0.15) is 0 Å². The number of pyridine rings is 1. The first-order valence-electron chi connectivity index (χ1n) is 8.14. The highest BCUT2D eigenvalue weighted by Crippen LogP contribution is 2.40. The highest BCUT2D eigenvalue weighted by Gasteiger charge is 2.47. The number of rotatable bonds is 4. The first-order chi connectivity index (χ1) is 10.7. The topological polar surface area (TPSA) is 51.7 Å². The molecule has 0 saturated carbocycles. The molecule has 120 valence electrons. The van der Waals surface area contributed by atoms with E-state index in [2.05, 4.69) is 4.98 Å². The van der Waals surface area contributed by atoms with Crippen molar-refractivity contribution in [3.8, 4) is 0 Å². The summed E-state index contributed by atoms with van der Waals surface area (Å²) in [5.41, 5.74) is 0.605. The van der Waals surface area contributed by atoms with Crippen LogP contribution in [0.2, 0.25) is 0 Å². The number of likely N-dealkylation sites (tertiary alicyclic amines) is 1. The average Bonchev–Trinajstić information content (AvgIpc) is 2.59. The molecule has 0 spiro atoms. The molecule has 2 aliphatic rings. The predicted octanol–water partition coefficient (Wildman–Crippen LogP) is 2.13. The van der Waals surface area contributed by atoms with Gasteiger partial charge in [0.15, 0.2) is 0 Å². The van der Waals surface area contributed by atoms with E-state index in [1.807, 2.05) is 17.9 Å². The van der Waals surface area contributed by atoms with Gasteiger partial charge in [-0.15, -0.1) is 0 Å². The monoisotopic (exact) mass is 304 g/mol. The number of nitrogens with zero attached hydrogens (tertiary/aromatic N) is 2. The number of aromatic nitrogens is 1. The number of fused-ring (bicyclic) bond motifs is 1. The minimum atomic E-state index is -0.0512. The van der Waals surface area contributed by atoms with Crippen LogP contribution in [-0.2, 0) is 9.47 Å². The maximum Gasteiger partial charge on any atom is 0.255 e.